The number of hydrogen-bond acceptors (Lipinski definition) is 3. The predicted octanol–water partition coefficient (Wildman–Crippen LogP) is 3.80. The third-order valence-electron chi connectivity index (χ3n) is 3.44. The minimum Gasteiger partial charge on any atom is -0.497 e. The third-order valence-corrected chi connectivity index (χ3v) is 3.44. The van der Waals surface area contributed by atoms with Crippen LogP contribution in [0.2, 0.25) is 0 Å². The molecule has 0 aromatic heterocycles. The quantitative estimate of drug-likeness (QED) is 0.706. The van der Waals surface area contributed by atoms with Crippen molar-refractivity contribution in [2.75, 3.05) is 26.9 Å². The Kier molecular flexibility index (Phi) is 8.31. The second-order valence-electron chi connectivity index (χ2n) is 5.31. The SMILES string of the molecule is CCCC(C)COCC(NCC)c1ccc(OC)cc1. The van der Waals surface area contributed by atoms with Crippen LogP contribution in [0.25, 0.3) is 0 Å². The highest BCUT2D eigenvalue weighted by Crippen LogP contribution is 2.18. The van der Waals surface area contributed by atoms with Crippen molar-refractivity contribution in [3.63, 3.8) is 0 Å². The van der Waals surface area contributed by atoms with E-state index < -0.39 is 0 Å². The molecular formula is C17H29NO2. The molecule has 1 rings (SSSR count). The summed E-state index contributed by atoms with van der Waals surface area (Å²) in [6.07, 6.45) is 2.45. The van der Waals surface area contributed by atoms with E-state index in [1.165, 1.54) is 18.4 Å². The number of rotatable bonds is 10. The van der Waals surface area contributed by atoms with Crippen molar-refractivity contribution in [1.82, 2.24) is 5.32 Å². The molecule has 0 heterocycles. The van der Waals surface area contributed by atoms with Gasteiger partial charge in [-0.2, -0.15) is 0 Å². The van der Waals surface area contributed by atoms with Crippen LogP contribution in [0.4, 0.5) is 0 Å². The van der Waals surface area contributed by atoms with Gasteiger partial charge in [-0.3, -0.25) is 0 Å². The van der Waals surface area contributed by atoms with Crippen molar-refractivity contribution in [2.45, 2.75) is 39.7 Å². The van der Waals surface area contributed by atoms with Gasteiger partial charge in [0.25, 0.3) is 0 Å². The molecule has 3 heteroatoms. The number of benzene rings is 1. The van der Waals surface area contributed by atoms with Crippen LogP contribution in [-0.2, 0) is 4.74 Å². The first kappa shape index (κ1) is 17.0. The summed E-state index contributed by atoms with van der Waals surface area (Å²) < 4.78 is 11.1. The van der Waals surface area contributed by atoms with Crippen LogP contribution in [-0.4, -0.2) is 26.9 Å². The smallest absolute Gasteiger partial charge is 0.118 e. The molecule has 1 aromatic rings. The zero-order valence-electron chi connectivity index (χ0n) is 13.3. The van der Waals surface area contributed by atoms with Gasteiger partial charge in [-0.05, 0) is 36.6 Å². The van der Waals surface area contributed by atoms with Crippen LogP contribution in [0.1, 0.15) is 45.2 Å². The van der Waals surface area contributed by atoms with Crippen LogP contribution >= 0.6 is 0 Å². The summed E-state index contributed by atoms with van der Waals surface area (Å²) in [4.78, 5) is 0. The molecule has 0 bridgehead atoms. The van der Waals surface area contributed by atoms with Gasteiger partial charge in [0, 0.05) is 6.61 Å². The van der Waals surface area contributed by atoms with Gasteiger partial charge in [0.2, 0.25) is 0 Å². The van der Waals surface area contributed by atoms with Crippen molar-refractivity contribution >= 4 is 0 Å². The van der Waals surface area contributed by atoms with E-state index in [2.05, 4.69) is 38.2 Å². The minimum atomic E-state index is 0.250. The van der Waals surface area contributed by atoms with E-state index in [0.29, 0.717) is 12.5 Å². The summed E-state index contributed by atoms with van der Waals surface area (Å²) in [5, 5.41) is 3.48. The highest BCUT2D eigenvalue weighted by molar-refractivity contribution is 5.29. The molecule has 0 saturated carbocycles. The van der Waals surface area contributed by atoms with E-state index in [0.717, 1.165) is 18.9 Å². The van der Waals surface area contributed by atoms with Crippen molar-refractivity contribution in [2.24, 2.45) is 5.92 Å². The van der Waals surface area contributed by atoms with Gasteiger partial charge >= 0.3 is 0 Å². The zero-order valence-corrected chi connectivity index (χ0v) is 13.3. The Morgan fingerprint density at radius 1 is 1.10 bits per heavy atom. The monoisotopic (exact) mass is 279 g/mol. The normalized spacial score (nSPS) is 14.0. The lowest BCUT2D eigenvalue weighted by molar-refractivity contribution is 0.0836. The Morgan fingerprint density at radius 3 is 2.35 bits per heavy atom. The second kappa shape index (κ2) is 9.78. The topological polar surface area (TPSA) is 30.5 Å². The Morgan fingerprint density at radius 2 is 1.80 bits per heavy atom. The lowest BCUT2D eigenvalue weighted by atomic mass is 10.1. The maximum absolute atomic E-state index is 5.88. The number of likely N-dealkylation sites (N-methyl/N-ethyl adjacent to an activating group) is 1. The Labute approximate surface area is 123 Å². The summed E-state index contributed by atoms with van der Waals surface area (Å²) in [5.74, 6) is 1.53. The van der Waals surface area contributed by atoms with Gasteiger partial charge in [0.15, 0.2) is 0 Å². The van der Waals surface area contributed by atoms with Crippen LogP contribution in [0, 0.1) is 5.92 Å². The summed E-state index contributed by atoms with van der Waals surface area (Å²) >= 11 is 0. The first-order valence-electron chi connectivity index (χ1n) is 7.66. The zero-order chi connectivity index (χ0) is 14.8. The van der Waals surface area contributed by atoms with E-state index >= 15 is 0 Å². The second-order valence-corrected chi connectivity index (χ2v) is 5.31. The molecular weight excluding hydrogens is 250 g/mol. The third kappa shape index (κ3) is 5.93. The number of hydrogen-bond donors (Lipinski definition) is 1. The largest absolute Gasteiger partial charge is 0.497 e. The first-order chi connectivity index (χ1) is 9.71. The molecule has 1 N–H and O–H groups in total. The fraction of sp³-hybridized carbons (Fsp3) is 0.647. The summed E-state index contributed by atoms with van der Waals surface area (Å²) in [5.41, 5.74) is 1.25. The van der Waals surface area contributed by atoms with Gasteiger partial charge in [0.05, 0.1) is 19.8 Å². The van der Waals surface area contributed by atoms with Gasteiger partial charge in [0.1, 0.15) is 5.75 Å². The molecule has 114 valence electrons. The van der Waals surface area contributed by atoms with E-state index in [-0.39, 0.29) is 6.04 Å². The van der Waals surface area contributed by atoms with Crippen molar-refractivity contribution < 1.29 is 9.47 Å². The molecule has 1 aromatic carbocycles. The molecule has 0 aliphatic carbocycles. The van der Waals surface area contributed by atoms with Gasteiger partial charge in [-0.15, -0.1) is 0 Å². The molecule has 0 radical (unpaired) electrons. The van der Waals surface area contributed by atoms with E-state index in [1.54, 1.807) is 7.11 Å². The average Bonchev–Trinajstić information content (AvgIpc) is 2.47. The predicted molar refractivity (Wildman–Crippen MR) is 84.3 cm³/mol. The standard InChI is InChI=1S/C17H29NO2/c1-5-7-14(3)12-20-13-17(18-6-2)15-8-10-16(19-4)11-9-15/h8-11,14,17-18H,5-7,12-13H2,1-4H3. The summed E-state index contributed by atoms with van der Waals surface area (Å²) in [6.45, 7) is 9.08. The van der Waals surface area contributed by atoms with Crippen molar-refractivity contribution in [1.29, 1.82) is 0 Å². The van der Waals surface area contributed by atoms with E-state index in [1.807, 2.05) is 12.1 Å². The van der Waals surface area contributed by atoms with Crippen LogP contribution in [0.15, 0.2) is 24.3 Å². The highest BCUT2D eigenvalue weighted by atomic mass is 16.5. The lowest BCUT2D eigenvalue weighted by Gasteiger charge is -2.20. The van der Waals surface area contributed by atoms with Gasteiger partial charge < -0.3 is 14.8 Å². The fourth-order valence-electron chi connectivity index (χ4n) is 2.32. The summed E-state index contributed by atoms with van der Waals surface area (Å²) in [7, 11) is 1.69. The molecule has 0 aliphatic heterocycles. The highest BCUT2D eigenvalue weighted by Gasteiger charge is 2.11. The molecule has 2 unspecified atom stereocenters. The van der Waals surface area contributed by atoms with Gasteiger partial charge in [-0.25, -0.2) is 0 Å². The molecule has 0 saturated heterocycles. The lowest BCUT2D eigenvalue weighted by Crippen LogP contribution is -2.26. The Balaban J connectivity index is 2.50. The van der Waals surface area contributed by atoms with Crippen LogP contribution < -0.4 is 10.1 Å². The van der Waals surface area contributed by atoms with Crippen LogP contribution in [0.5, 0.6) is 5.75 Å². The first-order valence-corrected chi connectivity index (χ1v) is 7.66. The molecule has 20 heavy (non-hydrogen) atoms. The van der Waals surface area contributed by atoms with Gasteiger partial charge in [-0.1, -0.05) is 39.3 Å². The van der Waals surface area contributed by atoms with E-state index in [9.17, 15) is 0 Å². The average molecular weight is 279 g/mol. The summed E-state index contributed by atoms with van der Waals surface area (Å²) in [6, 6.07) is 8.45. The molecule has 3 nitrogen and oxygen atoms in total. The Bertz CT molecular complexity index is 351. The number of methoxy groups -OCH3 is 1. The fourth-order valence-corrected chi connectivity index (χ4v) is 2.32. The van der Waals surface area contributed by atoms with Crippen molar-refractivity contribution in [3.05, 3.63) is 29.8 Å². The maximum Gasteiger partial charge on any atom is 0.118 e. The van der Waals surface area contributed by atoms with Crippen LogP contribution in [0.3, 0.4) is 0 Å². The Hall–Kier alpha value is -1.06. The minimum absolute atomic E-state index is 0.250. The molecule has 0 fully saturated rings. The maximum atomic E-state index is 5.88. The number of ether oxygens (including phenoxy) is 2. The molecule has 0 amide bonds. The molecule has 0 spiro atoms. The molecule has 2 atom stereocenters. The molecule has 0 aliphatic rings. The van der Waals surface area contributed by atoms with Crippen molar-refractivity contribution in [3.8, 4) is 5.75 Å². The number of nitrogens with one attached hydrogen (secondary N) is 1. The van der Waals surface area contributed by atoms with E-state index in [4.69, 9.17) is 9.47 Å².